The Morgan fingerprint density at radius 2 is 1.93 bits per heavy atom. The van der Waals surface area contributed by atoms with E-state index in [9.17, 15) is 9.59 Å². The Bertz CT molecular complexity index is 989. The summed E-state index contributed by atoms with van der Waals surface area (Å²) in [6.45, 7) is 1.54. The summed E-state index contributed by atoms with van der Waals surface area (Å²) in [4.78, 5) is 26.1. The Labute approximate surface area is 173 Å². The van der Waals surface area contributed by atoms with Crippen molar-refractivity contribution >= 4 is 23.0 Å². The predicted octanol–water partition coefficient (Wildman–Crippen LogP) is 3.45. The average molecular weight is 410 g/mol. The zero-order chi connectivity index (χ0) is 20.2. The van der Waals surface area contributed by atoms with E-state index in [0.717, 1.165) is 36.8 Å². The van der Waals surface area contributed by atoms with Crippen LogP contribution >= 0.6 is 11.3 Å². The molecule has 1 amide bonds. The molecule has 0 radical (unpaired) electrons. The molecule has 0 spiro atoms. The van der Waals surface area contributed by atoms with Gasteiger partial charge in [0.1, 0.15) is 0 Å². The van der Waals surface area contributed by atoms with Crippen molar-refractivity contribution in [3.63, 3.8) is 0 Å². The zero-order valence-electron chi connectivity index (χ0n) is 16.2. The fourth-order valence-corrected chi connectivity index (χ4v) is 4.47. The van der Waals surface area contributed by atoms with Gasteiger partial charge in [-0.25, -0.2) is 0 Å². The van der Waals surface area contributed by atoms with Gasteiger partial charge in [-0.2, -0.15) is 4.80 Å². The van der Waals surface area contributed by atoms with Crippen LogP contribution in [0.25, 0.3) is 11.4 Å². The lowest BCUT2D eigenvalue weighted by Gasteiger charge is -2.28. The first kappa shape index (κ1) is 19.4. The van der Waals surface area contributed by atoms with Crippen molar-refractivity contribution in [2.45, 2.75) is 51.1 Å². The number of hydrogen-bond donors (Lipinski definition) is 1. The summed E-state index contributed by atoms with van der Waals surface area (Å²) >= 11 is 1.39. The van der Waals surface area contributed by atoms with Crippen LogP contribution < -0.4 is 5.32 Å². The van der Waals surface area contributed by atoms with Crippen LogP contribution in [0, 0.1) is 0 Å². The Balaban J connectivity index is 1.27. The number of aromatic nitrogens is 4. The van der Waals surface area contributed by atoms with E-state index in [2.05, 4.69) is 20.7 Å². The smallest absolute Gasteiger partial charge is 0.224 e. The largest absolute Gasteiger partial charge is 0.353 e. The number of nitrogens with zero attached hydrogens (tertiary/aromatic N) is 4. The van der Waals surface area contributed by atoms with Crippen LogP contribution in [0.4, 0.5) is 0 Å². The van der Waals surface area contributed by atoms with Gasteiger partial charge in [-0.3, -0.25) is 9.59 Å². The van der Waals surface area contributed by atoms with Gasteiger partial charge in [-0.1, -0.05) is 30.3 Å². The van der Waals surface area contributed by atoms with Crippen LogP contribution in [-0.2, 0) is 11.2 Å². The van der Waals surface area contributed by atoms with Crippen LogP contribution in [0.5, 0.6) is 0 Å². The second-order valence-electron chi connectivity index (χ2n) is 7.42. The third kappa shape index (κ3) is 4.76. The molecule has 2 aromatic heterocycles. The summed E-state index contributed by atoms with van der Waals surface area (Å²) in [7, 11) is 0. The van der Waals surface area contributed by atoms with E-state index in [1.807, 2.05) is 41.8 Å². The van der Waals surface area contributed by atoms with Crippen LogP contribution in [0.3, 0.4) is 0 Å². The van der Waals surface area contributed by atoms with Gasteiger partial charge in [0.2, 0.25) is 11.7 Å². The summed E-state index contributed by atoms with van der Waals surface area (Å²) in [6, 6.07) is 12.0. The third-order valence-corrected chi connectivity index (χ3v) is 6.29. The highest BCUT2D eigenvalue weighted by atomic mass is 32.1. The number of carbonyl (C=O) groups excluding carboxylic acids is 2. The lowest BCUT2D eigenvalue weighted by molar-refractivity contribution is -0.121. The number of hydrogen-bond acceptors (Lipinski definition) is 6. The molecular weight excluding hydrogens is 386 g/mol. The van der Waals surface area contributed by atoms with Crippen LogP contribution in [0.2, 0.25) is 0 Å². The van der Waals surface area contributed by atoms with E-state index < -0.39 is 0 Å². The molecule has 150 valence electrons. The molecule has 4 rings (SSSR count). The van der Waals surface area contributed by atoms with Crippen molar-refractivity contribution in [2.75, 3.05) is 0 Å². The standard InChI is InChI=1S/C21H23N5O2S/c1-14(27)19-11-15(13-29-19)12-20(28)22-17-7-9-18(10-8-17)26-24-21(23-25-26)16-5-3-2-4-6-16/h2-6,11,13,17-18H,7-10,12H2,1H3,(H,22,28). The third-order valence-electron chi connectivity index (χ3n) is 5.21. The second-order valence-corrected chi connectivity index (χ2v) is 8.34. The first-order chi connectivity index (χ1) is 14.1. The molecule has 0 aliphatic heterocycles. The van der Waals surface area contributed by atoms with Crippen LogP contribution in [-0.4, -0.2) is 37.9 Å². The quantitative estimate of drug-likeness (QED) is 0.630. The van der Waals surface area contributed by atoms with Crippen molar-refractivity contribution < 1.29 is 9.59 Å². The monoisotopic (exact) mass is 409 g/mol. The fourth-order valence-electron chi connectivity index (χ4n) is 3.65. The maximum Gasteiger partial charge on any atom is 0.224 e. The van der Waals surface area contributed by atoms with Gasteiger partial charge in [-0.05, 0) is 54.8 Å². The summed E-state index contributed by atoms with van der Waals surface area (Å²) in [5.74, 6) is 0.686. The average Bonchev–Trinajstić information content (AvgIpc) is 3.39. The molecule has 1 saturated carbocycles. The second kappa shape index (κ2) is 8.65. The molecule has 0 unspecified atom stereocenters. The molecule has 3 aromatic rings. The van der Waals surface area contributed by atoms with Gasteiger partial charge >= 0.3 is 0 Å². The van der Waals surface area contributed by atoms with E-state index in [0.29, 0.717) is 17.1 Å². The molecule has 1 aromatic carbocycles. The Morgan fingerprint density at radius 3 is 2.62 bits per heavy atom. The lowest BCUT2D eigenvalue weighted by atomic mass is 9.91. The summed E-state index contributed by atoms with van der Waals surface area (Å²) in [5, 5.41) is 18.0. The number of carbonyl (C=O) groups is 2. The van der Waals surface area contributed by atoms with E-state index in [-0.39, 0.29) is 23.8 Å². The summed E-state index contributed by atoms with van der Waals surface area (Å²) in [5.41, 5.74) is 1.85. The minimum Gasteiger partial charge on any atom is -0.353 e. The molecule has 0 saturated heterocycles. The molecule has 0 atom stereocenters. The van der Waals surface area contributed by atoms with E-state index >= 15 is 0 Å². The molecule has 1 fully saturated rings. The number of nitrogens with one attached hydrogen (secondary N) is 1. The first-order valence-electron chi connectivity index (χ1n) is 9.81. The van der Waals surface area contributed by atoms with Crippen molar-refractivity contribution in [3.05, 3.63) is 52.2 Å². The van der Waals surface area contributed by atoms with E-state index in [1.54, 1.807) is 11.7 Å². The van der Waals surface area contributed by atoms with Crippen LogP contribution in [0.1, 0.15) is 53.9 Å². The number of tetrazole rings is 1. The van der Waals surface area contributed by atoms with Crippen molar-refractivity contribution in [3.8, 4) is 11.4 Å². The Morgan fingerprint density at radius 1 is 1.17 bits per heavy atom. The summed E-state index contributed by atoms with van der Waals surface area (Å²) < 4.78 is 0. The highest BCUT2D eigenvalue weighted by Crippen LogP contribution is 2.28. The van der Waals surface area contributed by atoms with Crippen molar-refractivity contribution in [1.82, 2.24) is 25.5 Å². The lowest BCUT2D eigenvalue weighted by Crippen LogP contribution is -2.39. The van der Waals surface area contributed by atoms with Crippen LogP contribution in [0.15, 0.2) is 41.8 Å². The summed E-state index contributed by atoms with van der Waals surface area (Å²) in [6.07, 6.45) is 3.90. The van der Waals surface area contributed by atoms with Gasteiger partial charge in [0, 0.05) is 11.6 Å². The van der Waals surface area contributed by atoms with Gasteiger partial charge in [0.15, 0.2) is 5.78 Å². The fraction of sp³-hybridized carbons (Fsp3) is 0.381. The Kier molecular flexibility index (Phi) is 5.80. The van der Waals surface area contributed by atoms with Gasteiger partial charge in [0.25, 0.3) is 0 Å². The molecule has 2 heterocycles. The number of Topliss-reactive ketones (excluding diaryl/α,β-unsaturated/α-hetero) is 1. The van der Waals surface area contributed by atoms with Gasteiger partial charge in [0.05, 0.1) is 17.3 Å². The van der Waals surface area contributed by atoms with Crippen molar-refractivity contribution in [1.29, 1.82) is 0 Å². The molecule has 0 bridgehead atoms. The molecule has 1 aliphatic rings. The molecular formula is C21H23N5O2S. The number of amides is 1. The predicted molar refractivity (Wildman–Crippen MR) is 111 cm³/mol. The van der Waals surface area contributed by atoms with Gasteiger partial charge < -0.3 is 5.32 Å². The number of rotatable bonds is 6. The number of thiophene rings is 1. The minimum atomic E-state index is 0.00611. The van der Waals surface area contributed by atoms with Gasteiger partial charge in [-0.15, -0.1) is 21.5 Å². The SMILES string of the molecule is CC(=O)c1cc(CC(=O)NC2CCC(n3nnc(-c4ccccc4)n3)CC2)cs1. The number of benzene rings is 1. The molecule has 7 nitrogen and oxygen atoms in total. The maximum absolute atomic E-state index is 12.3. The molecule has 1 aliphatic carbocycles. The highest BCUT2D eigenvalue weighted by molar-refractivity contribution is 7.12. The highest BCUT2D eigenvalue weighted by Gasteiger charge is 2.25. The number of ketones is 1. The topological polar surface area (TPSA) is 89.8 Å². The first-order valence-corrected chi connectivity index (χ1v) is 10.7. The minimum absolute atomic E-state index is 0.00611. The Hall–Kier alpha value is -2.87. The zero-order valence-corrected chi connectivity index (χ0v) is 17.1. The van der Waals surface area contributed by atoms with E-state index in [4.69, 9.17) is 0 Å². The maximum atomic E-state index is 12.3. The normalized spacial score (nSPS) is 19.1. The molecule has 1 N–H and O–H groups in total. The molecule has 29 heavy (non-hydrogen) atoms. The van der Waals surface area contributed by atoms with Crippen molar-refractivity contribution in [2.24, 2.45) is 0 Å². The molecule has 8 heteroatoms. The van der Waals surface area contributed by atoms with E-state index in [1.165, 1.54) is 11.3 Å².